The number of hydrogen-bond acceptors (Lipinski definition) is 6. The van der Waals surface area contributed by atoms with Gasteiger partial charge in [0.15, 0.2) is 11.2 Å². The fourth-order valence-corrected chi connectivity index (χ4v) is 4.11. The van der Waals surface area contributed by atoms with Crippen LogP contribution >= 0.6 is 11.6 Å². The Morgan fingerprint density at radius 3 is 2.53 bits per heavy atom. The second-order valence-corrected chi connectivity index (χ2v) is 7.89. The fraction of sp³-hybridized carbons (Fsp3) is 0.0800. The summed E-state index contributed by atoms with van der Waals surface area (Å²) < 4.78 is 10.9. The van der Waals surface area contributed by atoms with Crippen molar-refractivity contribution in [2.75, 3.05) is 0 Å². The van der Waals surface area contributed by atoms with Gasteiger partial charge in [-0.2, -0.15) is 0 Å². The zero-order valence-corrected chi connectivity index (χ0v) is 17.3. The Morgan fingerprint density at radius 2 is 1.75 bits per heavy atom. The van der Waals surface area contributed by atoms with Gasteiger partial charge in [0.1, 0.15) is 17.1 Å². The first-order valence-corrected chi connectivity index (χ1v) is 10.2. The minimum atomic E-state index is -0.829. The third-order valence-corrected chi connectivity index (χ3v) is 5.81. The number of benzene rings is 3. The maximum Gasteiger partial charge on any atom is 0.312 e. The van der Waals surface area contributed by atoms with Crippen LogP contribution in [0.5, 0.6) is 11.5 Å². The van der Waals surface area contributed by atoms with Gasteiger partial charge in [0, 0.05) is 27.6 Å². The number of hydrogen-bond donors (Lipinski definition) is 1. The van der Waals surface area contributed by atoms with Crippen LogP contribution in [0.25, 0.3) is 11.0 Å². The topological polar surface area (TPSA) is 93.8 Å². The summed E-state index contributed by atoms with van der Waals surface area (Å²) in [6, 6.07) is 15.9. The number of rotatable bonds is 3. The van der Waals surface area contributed by atoms with Crippen LogP contribution in [0, 0.1) is 0 Å². The Morgan fingerprint density at radius 1 is 1.00 bits per heavy atom. The van der Waals surface area contributed by atoms with Crippen molar-refractivity contribution >= 4 is 34.3 Å². The minimum Gasteiger partial charge on any atom is -0.507 e. The van der Waals surface area contributed by atoms with Crippen molar-refractivity contribution in [2.45, 2.75) is 12.3 Å². The maximum absolute atomic E-state index is 13.2. The molecule has 2 heterocycles. The number of phenolic OH excluding ortho intramolecular Hbond substituents is 1. The molecule has 1 aliphatic heterocycles. The number of phenols is 1. The zero-order chi connectivity index (χ0) is 22.4. The van der Waals surface area contributed by atoms with Crippen LogP contribution < -0.4 is 10.2 Å². The molecule has 4 aromatic rings. The third kappa shape index (κ3) is 3.25. The van der Waals surface area contributed by atoms with E-state index in [-0.39, 0.29) is 40.0 Å². The Labute approximate surface area is 186 Å². The number of ketones is 1. The maximum atomic E-state index is 13.2. The predicted molar refractivity (Wildman–Crippen MR) is 118 cm³/mol. The normalized spacial score (nSPS) is 15.3. The van der Waals surface area contributed by atoms with E-state index in [9.17, 15) is 19.5 Å². The molecule has 1 atom stereocenters. The van der Waals surface area contributed by atoms with Gasteiger partial charge in [-0.25, -0.2) is 0 Å². The summed E-state index contributed by atoms with van der Waals surface area (Å²) in [4.78, 5) is 38.4. The number of para-hydroxylation sites is 1. The summed E-state index contributed by atoms with van der Waals surface area (Å²) >= 11 is 5.90. The lowest BCUT2D eigenvalue weighted by atomic mass is 9.84. The highest BCUT2D eigenvalue weighted by molar-refractivity contribution is 6.30. The van der Waals surface area contributed by atoms with Gasteiger partial charge in [0.05, 0.1) is 23.6 Å². The number of aromatic hydroxyl groups is 1. The molecule has 0 saturated carbocycles. The molecule has 1 aliphatic rings. The molecule has 158 valence electrons. The number of ether oxygens (including phenoxy) is 1. The monoisotopic (exact) mass is 446 g/mol. The number of carbonyl (C=O) groups is 2. The quantitative estimate of drug-likeness (QED) is 0.275. The first-order valence-electron chi connectivity index (χ1n) is 9.81. The first kappa shape index (κ1) is 20.0. The van der Waals surface area contributed by atoms with Gasteiger partial charge in [-0.05, 0) is 48.5 Å². The Hall–Kier alpha value is -3.90. The van der Waals surface area contributed by atoms with E-state index in [2.05, 4.69) is 0 Å². The molecule has 0 bridgehead atoms. The van der Waals surface area contributed by atoms with E-state index in [1.54, 1.807) is 48.5 Å². The molecule has 0 amide bonds. The number of halogens is 1. The van der Waals surface area contributed by atoms with E-state index in [0.717, 1.165) is 0 Å². The summed E-state index contributed by atoms with van der Waals surface area (Å²) in [6.07, 6.45) is 1.12. The lowest BCUT2D eigenvalue weighted by Crippen LogP contribution is -2.25. The minimum absolute atomic E-state index is 0.0270. The van der Waals surface area contributed by atoms with Crippen molar-refractivity contribution < 1.29 is 23.8 Å². The summed E-state index contributed by atoms with van der Waals surface area (Å²) in [5.41, 5.74) is 0.862. The molecule has 1 N–H and O–H groups in total. The summed E-state index contributed by atoms with van der Waals surface area (Å²) in [5.74, 6) is -2.05. The van der Waals surface area contributed by atoms with Gasteiger partial charge < -0.3 is 14.3 Å². The van der Waals surface area contributed by atoms with Crippen LogP contribution in [-0.4, -0.2) is 16.9 Å². The van der Waals surface area contributed by atoms with Crippen molar-refractivity contribution in [3.05, 3.63) is 104 Å². The Kier molecular flexibility index (Phi) is 4.79. The van der Waals surface area contributed by atoms with Crippen LogP contribution in [0.3, 0.4) is 0 Å². The van der Waals surface area contributed by atoms with Crippen LogP contribution in [0.2, 0.25) is 5.02 Å². The molecule has 0 fully saturated rings. The van der Waals surface area contributed by atoms with E-state index in [0.29, 0.717) is 21.6 Å². The van der Waals surface area contributed by atoms with Crippen LogP contribution in [0.4, 0.5) is 0 Å². The van der Waals surface area contributed by atoms with Crippen LogP contribution in [-0.2, 0) is 4.79 Å². The average molecular weight is 447 g/mol. The summed E-state index contributed by atoms with van der Waals surface area (Å²) in [7, 11) is 0. The molecule has 5 rings (SSSR count). The molecule has 1 aromatic heterocycles. The molecule has 0 aliphatic carbocycles. The van der Waals surface area contributed by atoms with E-state index in [1.165, 1.54) is 18.4 Å². The van der Waals surface area contributed by atoms with E-state index in [1.807, 2.05) is 0 Å². The molecule has 0 radical (unpaired) electrons. The summed E-state index contributed by atoms with van der Waals surface area (Å²) in [5, 5.41) is 11.9. The highest BCUT2D eigenvalue weighted by Gasteiger charge is 2.35. The molecule has 0 saturated heterocycles. The number of carbonyl (C=O) groups excluding carboxylic acids is 2. The van der Waals surface area contributed by atoms with Gasteiger partial charge in [0.25, 0.3) is 0 Å². The standard InChI is InChI=1S/C25H15ClO6/c26-14-7-5-13(6-8-14)23(28)16-9-10-20-22(25(16)30)17(11-21(27)32-20)18-12-31-19-4-2-1-3-15(19)24(18)29/h1-10,12,17,30H,11H2. The molecule has 6 nitrogen and oxygen atoms in total. The van der Waals surface area contributed by atoms with Gasteiger partial charge in [0.2, 0.25) is 0 Å². The zero-order valence-electron chi connectivity index (χ0n) is 16.5. The second kappa shape index (κ2) is 7.66. The SMILES string of the molecule is O=C1CC(c2coc3ccccc3c2=O)c2c(ccc(C(=O)c3ccc(Cl)cc3)c2O)O1. The van der Waals surface area contributed by atoms with Crippen molar-refractivity contribution in [1.29, 1.82) is 0 Å². The molecule has 32 heavy (non-hydrogen) atoms. The molecule has 1 unspecified atom stereocenters. The van der Waals surface area contributed by atoms with Crippen molar-refractivity contribution in [2.24, 2.45) is 0 Å². The number of fused-ring (bicyclic) bond motifs is 2. The van der Waals surface area contributed by atoms with Crippen molar-refractivity contribution in [1.82, 2.24) is 0 Å². The molecule has 7 heteroatoms. The van der Waals surface area contributed by atoms with E-state index >= 15 is 0 Å². The molecule has 0 spiro atoms. The molecular formula is C25H15ClO6. The highest BCUT2D eigenvalue weighted by Crippen LogP contribution is 2.45. The number of esters is 1. The first-order chi connectivity index (χ1) is 15.4. The van der Waals surface area contributed by atoms with Crippen LogP contribution in [0.1, 0.15) is 39.4 Å². The van der Waals surface area contributed by atoms with Gasteiger partial charge >= 0.3 is 5.97 Å². The predicted octanol–water partition coefficient (Wildman–Crippen LogP) is 4.82. The fourth-order valence-electron chi connectivity index (χ4n) is 3.99. The largest absolute Gasteiger partial charge is 0.507 e. The van der Waals surface area contributed by atoms with Crippen molar-refractivity contribution in [3.8, 4) is 11.5 Å². The van der Waals surface area contributed by atoms with Crippen molar-refractivity contribution in [3.63, 3.8) is 0 Å². The summed E-state index contributed by atoms with van der Waals surface area (Å²) in [6.45, 7) is 0. The van der Waals surface area contributed by atoms with E-state index < -0.39 is 17.7 Å². The van der Waals surface area contributed by atoms with Crippen LogP contribution in [0.15, 0.2) is 76.1 Å². The highest BCUT2D eigenvalue weighted by atomic mass is 35.5. The lowest BCUT2D eigenvalue weighted by molar-refractivity contribution is -0.135. The van der Waals surface area contributed by atoms with E-state index in [4.69, 9.17) is 20.8 Å². The Balaban J connectivity index is 1.68. The molecular weight excluding hydrogens is 432 g/mol. The van der Waals surface area contributed by atoms with Gasteiger partial charge in [-0.15, -0.1) is 0 Å². The molecule has 3 aromatic carbocycles. The van der Waals surface area contributed by atoms with Gasteiger partial charge in [-0.1, -0.05) is 23.7 Å². The second-order valence-electron chi connectivity index (χ2n) is 7.46. The smallest absolute Gasteiger partial charge is 0.312 e. The van der Waals surface area contributed by atoms with Gasteiger partial charge in [-0.3, -0.25) is 14.4 Å². The lowest BCUT2D eigenvalue weighted by Gasteiger charge is -2.26. The average Bonchev–Trinajstić information content (AvgIpc) is 2.79. The third-order valence-electron chi connectivity index (χ3n) is 5.55. The Bertz CT molecular complexity index is 1450.